The second kappa shape index (κ2) is 6.37. The van der Waals surface area contributed by atoms with Crippen molar-refractivity contribution in [3.05, 3.63) is 29.3 Å². The van der Waals surface area contributed by atoms with Crippen molar-refractivity contribution in [2.45, 2.75) is 12.6 Å². The van der Waals surface area contributed by atoms with E-state index in [1.807, 2.05) is 0 Å². The van der Waals surface area contributed by atoms with Crippen molar-refractivity contribution >= 4 is 15.7 Å². The fourth-order valence-electron chi connectivity index (χ4n) is 2.53. The largest absolute Gasteiger partial charge is 0.418 e. The van der Waals surface area contributed by atoms with Gasteiger partial charge in [0.25, 0.3) is 0 Å². The summed E-state index contributed by atoms with van der Waals surface area (Å²) in [6.45, 7) is 0.866. The number of nitriles is 1. The summed E-state index contributed by atoms with van der Waals surface area (Å²) in [7, 11) is -3.28. The first-order valence-electron chi connectivity index (χ1n) is 6.91. The third-order valence-corrected chi connectivity index (χ3v) is 5.02. The first-order chi connectivity index (χ1) is 10.6. The zero-order valence-corrected chi connectivity index (χ0v) is 13.2. The predicted octanol–water partition coefficient (Wildman–Crippen LogP) is 2.27. The average Bonchev–Trinajstić information content (AvgIpc) is 2.92. The van der Waals surface area contributed by atoms with Crippen LogP contribution in [0.15, 0.2) is 18.2 Å². The lowest BCUT2D eigenvalue weighted by molar-refractivity contribution is -0.137. The lowest BCUT2D eigenvalue weighted by Gasteiger charge is -2.18. The molecule has 23 heavy (non-hydrogen) atoms. The molecule has 1 aromatic carbocycles. The predicted molar refractivity (Wildman–Crippen MR) is 79.2 cm³/mol. The molecule has 0 radical (unpaired) electrons. The normalized spacial score (nSPS) is 19.5. The van der Waals surface area contributed by atoms with Crippen molar-refractivity contribution in [3.8, 4) is 6.07 Å². The standard InChI is InChI=1S/C14H16F3N3O2S/c1-23(21,22)20-5-4-11(9-20)8-19-13-6-10(7-18)2-3-12(13)14(15,16)17/h2-3,6,11,19H,4-5,8-9H2,1H3. The van der Waals surface area contributed by atoms with Crippen molar-refractivity contribution in [1.29, 1.82) is 5.26 Å². The van der Waals surface area contributed by atoms with Crippen LogP contribution in [-0.2, 0) is 16.2 Å². The molecule has 0 amide bonds. The lowest BCUT2D eigenvalue weighted by atomic mass is 10.1. The topological polar surface area (TPSA) is 73.2 Å². The minimum absolute atomic E-state index is 0.0726. The van der Waals surface area contributed by atoms with Gasteiger partial charge in [0.05, 0.1) is 23.5 Å². The maximum atomic E-state index is 13.0. The zero-order chi connectivity index (χ0) is 17.3. The molecular formula is C14H16F3N3O2S. The highest BCUT2D eigenvalue weighted by Gasteiger charge is 2.34. The van der Waals surface area contributed by atoms with Gasteiger partial charge in [-0.15, -0.1) is 0 Å². The number of sulfonamides is 1. The van der Waals surface area contributed by atoms with Crippen LogP contribution in [0.25, 0.3) is 0 Å². The van der Waals surface area contributed by atoms with Gasteiger partial charge in [0.15, 0.2) is 0 Å². The Hall–Kier alpha value is -1.79. The molecule has 5 nitrogen and oxygen atoms in total. The van der Waals surface area contributed by atoms with E-state index in [1.165, 1.54) is 4.31 Å². The number of hydrogen-bond donors (Lipinski definition) is 1. The first-order valence-corrected chi connectivity index (χ1v) is 8.76. The molecule has 0 bridgehead atoms. The van der Waals surface area contributed by atoms with E-state index in [0.717, 1.165) is 24.5 Å². The highest BCUT2D eigenvalue weighted by Crippen LogP contribution is 2.35. The van der Waals surface area contributed by atoms with Crippen LogP contribution >= 0.6 is 0 Å². The van der Waals surface area contributed by atoms with Gasteiger partial charge in [0, 0.05) is 25.3 Å². The maximum absolute atomic E-state index is 13.0. The molecule has 126 valence electrons. The Morgan fingerprint density at radius 2 is 2.13 bits per heavy atom. The molecule has 1 aromatic rings. The molecule has 1 aliphatic rings. The molecule has 1 unspecified atom stereocenters. The van der Waals surface area contributed by atoms with Crippen LogP contribution in [0.2, 0.25) is 0 Å². The third kappa shape index (κ3) is 4.36. The Morgan fingerprint density at radius 1 is 1.43 bits per heavy atom. The number of rotatable bonds is 4. The van der Waals surface area contributed by atoms with E-state index in [0.29, 0.717) is 13.0 Å². The van der Waals surface area contributed by atoms with E-state index >= 15 is 0 Å². The average molecular weight is 347 g/mol. The fourth-order valence-corrected chi connectivity index (χ4v) is 3.45. The number of nitrogens with one attached hydrogen (secondary N) is 1. The third-order valence-electron chi connectivity index (χ3n) is 3.75. The Balaban J connectivity index is 2.10. The second-order valence-corrected chi connectivity index (χ2v) is 7.51. The van der Waals surface area contributed by atoms with Crippen LogP contribution in [0, 0.1) is 17.2 Å². The highest BCUT2D eigenvalue weighted by atomic mass is 32.2. The second-order valence-electron chi connectivity index (χ2n) is 5.53. The monoisotopic (exact) mass is 347 g/mol. The number of benzene rings is 1. The van der Waals surface area contributed by atoms with Crippen molar-refractivity contribution < 1.29 is 21.6 Å². The van der Waals surface area contributed by atoms with Crippen LogP contribution in [0.3, 0.4) is 0 Å². The zero-order valence-electron chi connectivity index (χ0n) is 12.4. The van der Waals surface area contributed by atoms with Crippen molar-refractivity contribution in [1.82, 2.24) is 4.31 Å². The molecule has 0 aliphatic carbocycles. The molecule has 2 rings (SSSR count). The number of hydrogen-bond acceptors (Lipinski definition) is 4. The van der Waals surface area contributed by atoms with Crippen LogP contribution in [0.1, 0.15) is 17.5 Å². The van der Waals surface area contributed by atoms with Gasteiger partial charge in [-0.2, -0.15) is 18.4 Å². The molecule has 0 saturated carbocycles. The molecule has 1 fully saturated rings. The SMILES string of the molecule is CS(=O)(=O)N1CCC(CNc2cc(C#N)ccc2C(F)(F)F)C1. The highest BCUT2D eigenvalue weighted by molar-refractivity contribution is 7.88. The Bertz CT molecular complexity index is 726. The van der Waals surface area contributed by atoms with Crippen molar-refractivity contribution in [2.75, 3.05) is 31.2 Å². The lowest BCUT2D eigenvalue weighted by Crippen LogP contribution is -2.28. The minimum atomic E-state index is -4.52. The summed E-state index contributed by atoms with van der Waals surface area (Å²) < 4.78 is 63.2. The number of anilines is 1. The Labute approximate surface area is 132 Å². The van der Waals surface area contributed by atoms with E-state index < -0.39 is 21.8 Å². The number of alkyl halides is 3. The quantitative estimate of drug-likeness (QED) is 0.907. The Kier molecular flexibility index (Phi) is 4.87. The summed E-state index contributed by atoms with van der Waals surface area (Å²) in [5.41, 5.74) is -0.867. The van der Waals surface area contributed by atoms with Gasteiger partial charge < -0.3 is 5.32 Å². The maximum Gasteiger partial charge on any atom is 0.418 e. The van der Waals surface area contributed by atoms with Gasteiger partial charge in [-0.1, -0.05) is 0 Å². The molecule has 9 heteroatoms. The van der Waals surface area contributed by atoms with Gasteiger partial charge >= 0.3 is 6.18 Å². The van der Waals surface area contributed by atoms with E-state index in [9.17, 15) is 21.6 Å². The Morgan fingerprint density at radius 3 is 2.65 bits per heavy atom. The van der Waals surface area contributed by atoms with Gasteiger partial charge in [-0.25, -0.2) is 12.7 Å². The molecule has 1 atom stereocenters. The van der Waals surface area contributed by atoms with Crippen molar-refractivity contribution in [2.24, 2.45) is 5.92 Å². The molecule has 0 aromatic heterocycles. The summed E-state index contributed by atoms with van der Waals surface area (Å²) in [5.74, 6) is -0.0726. The van der Waals surface area contributed by atoms with Gasteiger partial charge in [0.2, 0.25) is 10.0 Å². The van der Waals surface area contributed by atoms with E-state index in [4.69, 9.17) is 5.26 Å². The van der Waals surface area contributed by atoms with Crippen LogP contribution in [-0.4, -0.2) is 38.6 Å². The van der Waals surface area contributed by atoms with E-state index in [-0.39, 0.29) is 30.3 Å². The van der Waals surface area contributed by atoms with Crippen LogP contribution < -0.4 is 5.32 Å². The summed E-state index contributed by atoms with van der Waals surface area (Å²) in [6, 6.07) is 4.96. The smallest absolute Gasteiger partial charge is 0.384 e. The van der Waals surface area contributed by atoms with E-state index in [2.05, 4.69) is 5.32 Å². The van der Waals surface area contributed by atoms with Crippen molar-refractivity contribution in [3.63, 3.8) is 0 Å². The molecule has 1 N–H and O–H groups in total. The molecule has 1 heterocycles. The van der Waals surface area contributed by atoms with Gasteiger partial charge in [0.1, 0.15) is 0 Å². The molecule has 0 spiro atoms. The van der Waals surface area contributed by atoms with E-state index in [1.54, 1.807) is 6.07 Å². The van der Waals surface area contributed by atoms with Gasteiger partial charge in [-0.05, 0) is 30.5 Å². The first kappa shape index (κ1) is 17.6. The molecule has 1 saturated heterocycles. The molecular weight excluding hydrogens is 331 g/mol. The summed E-state index contributed by atoms with van der Waals surface area (Å²) in [4.78, 5) is 0. The minimum Gasteiger partial charge on any atom is -0.384 e. The van der Waals surface area contributed by atoms with Gasteiger partial charge in [-0.3, -0.25) is 0 Å². The fraction of sp³-hybridized carbons (Fsp3) is 0.500. The number of halogens is 3. The number of nitrogens with zero attached hydrogens (tertiary/aromatic N) is 2. The van der Waals surface area contributed by atoms with Crippen LogP contribution in [0.5, 0.6) is 0 Å². The summed E-state index contributed by atoms with van der Waals surface area (Å²) >= 11 is 0. The summed E-state index contributed by atoms with van der Waals surface area (Å²) in [5, 5.41) is 11.5. The summed E-state index contributed by atoms with van der Waals surface area (Å²) in [6.07, 6.45) is -2.83. The van der Waals surface area contributed by atoms with Crippen LogP contribution in [0.4, 0.5) is 18.9 Å². The molecule has 1 aliphatic heterocycles.